The van der Waals surface area contributed by atoms with Crippen molar-refractivity contribution >= 4 is 11.6 Å². The summed E-state index contributed by atoms with van der Waals surface area (Å²) in [5.74, 6) is 0.988. The zero-order valence-electron chi connectivity index (χ0n) is 18.9. The lowest BCUT2D eigenvalue weighted by molar-refractivity contribution is 0.101. The van der Waals surface area contributed by atoms with Gasteiger partial charge >= 0.3 is 0 Å². The molecule has 1 heterocycles. The molecule has 0 spiro atoms. The Morgan fingerprint density at radius 3 is 2.17 bits per heavy atom. The number of halogens is 1. The number of nitrogens with one attached hydrogen (secondary N) is 1. The number of hydrogen-bond acceptors (Lipinski definition) is 4. The van der Waals surface area contributed by atoms with E-state index in [2.05, 4.69) is 15.4 Å². The molecule has 0 fully saturated rings. The van der Waals surface area contributed by atoms with E-state index in [4.69, 9.17) is 4.74 Å². The quantitative estimate of drug-likeness (QED) is 0.315. The van der Waals surface area contributed by atoms with Crippen LogP contribution in [0.1, 0.15) is 16.2 Å². The molecule has 0 radical (unpaired) electrons. The summed E-state index contributed by atoms with van der Waals surface area (Å²) in [6, 6.07) is 30.1. The number of aromatic nitrogens is 3. The fraction of sp³-hybridized carbons (Fsp3) is 0.0357. The van der Waals surface area contributed by atoms with Crippen molar-refractivity contribution in [3.05, 3.63) is 120 Å². The topological polar surface area (TPSA) is 69.0 Å². The highest BCUT2D eigenvalue weighted by molar-refractivity contribution is 6.01. The number of carbonyl (C=O) groups is 1. The first-order chi connectivity index (χ1) is 17.0. The van der Waals surface area contributed by atoms with Crippen molar-refractivity contribution < 1.29 is 13.9 Å². The predicted octanol–water partition coefficient (Wildman–Crippen LogP) is 6.43. The number of ether oxygens (including phenoxy) is 1. The van der Waals surface area contributed by atoms with Crippen LogP contribution in [0.3, 0.4) is 0 Å². The van der Waals surface area contributed by atoms with E-state index in [1.807, 2.05) is 61.5 Å². The second-order valence-electron chi connectivity index (χ2n) is 7.91. The number of para-hydroxylation sites is 1. The van der Waals surface area contributed by atoms with Crippen LogP contribution in [0.2, 0.25) is 0 Å². The maximum atomic E-state index is 13.5. The predicted molar refractivity (Wildman–Crippen MR) is 132 cm³/mol. The molecule has 1 amide bonds. The van der Waals surface area contributed by atoms with E-state index in [1.165, 1.54) is 12.1 Å². The Bertz CT molecular complexity index is 1380. The first kappa shape index (κ1) is 22.0. The summed E-state index contributed by atoms with van der Waals surface area (Å²) in [6.45, 7) is 1.99. The molecule has 0 unspecified atom stereocenters. The molecule has 6 nitrogen and oxygen atoms in total. The zero-order chi connectivity index (χ0) is 24.2. The van der Waals surface area contributed by atoms with Gasteiger partial charge in [0.05, 0.1) is 5.69 Å². The maximum absolute atomic E-state index is 13.5. The van der Waals surface area contributed by atoms with Crippen molar-refractivity contribution in [2.75, 3.05) is 5.32 Å². The van der Waals surface area contributed by atoms with E-state index in [9.17, 15) is 9.18 Å². The third-order valence-electron chi connectivity index (χ3n) is 5.28. The van der Waals surface area contributed by atoms with E-state index in [0.29, 0.717) is 22.8 Å². The normalized spacial score (nSPS) is 10.7. The van der Waals surface area contributed by atoms with Gasteiger partial charge in [0.15, 0.2) is 5.82 Å². The molecule has 0 bridgehead atoms. The molecular formula is C28H21FN4O2. The second-order valence-corrected chi connectivity index (χ2v) is 7.91. The molecule has 0 saturated heterocycles. The zero-order valence-corrected chi connectivity index (χ0v) is 18.9. The van der Waals surface area contributed by atoms with Crippen LogP contribution in [0, 0.1) is 12.7 Å². The van der Waals surface area contributed by atoms with Gasteiger partial charge in [-0.05, 0) is 79.7 Å². The maximum Gasteiger partial charge on any atom is 0.295 e. The van der Waals surface area contributed by atoms with E-state index >= 15 is 0 Å². The number of aryl methyl sites for hydroxylation is 1. The number of anilines is 1. The van der Waals surface area contributed by atoms with Crippen molar-refractivity contribution in [3.8, 4) is 28.6 Å². The van der Waals surface area contributed by atoms with Crippen LogP contribution >= 0.6 is 0 Å². The van der Waals surface area contributed by atoms with Gasteiger partial charge in [0.2, 0.25) is 5.82 Å². The van der Waals surface area contributed by atoms with Crippen LogP contribution in [-0.2, 0) is 0 Å². The van der Waals surface area contributed by atoms with Gasteiger partial charge in [-0.2, -0.15) is 0 Å². The summed E-state index contributed by atoms with van der Waals surface area (Å²) >= 11 is 0. The highest BCUT2D eigenvalue weighted by atomic mass is 19.1. The average Bonchev–Trinajstić information content (AvgIpc) is 3.32. The van der Waals surface area contributed by atoms with Gasteiger partial charge in [0.25, 0.3) is 5.91 Å². The summed E-state index contributed by atoms with van der Waals surface area (Å²) in [5, 5.41) is 7.27. The van der Waals surface area contributed by atoms with Crippen molar-refractivity contribution in [1.82, 2.24) is 14.8 Å². The molecule has 0 aliphatic carbocycles. The average molecular weight is 465 g/mol. The van der Waals surface area contributed by atoms with Crippen LogP contribution in [0.5, 0.6) is 11.5 Å². The minimum atomic E-state index is -0.462. The molecule has 1 aromatic heterocycles. The third kappa shape index (κ3) is 5.09. The standard InChI is InChI=1S/C28H21FN4O2/c1-19-7-15-23(16-8-19)33-27(20-9-11-21(29)12-10-20)31-26(32-33)28(34)30-22-13-17-25(18-14-22)35-24-5-3-2-4-6-24/h2-18H,1H3,(H,30,34). The lowest BCUT2D eigenvalue weighted by Crippen LogP contribution is -2.14. The number of nitrogens with zero attached hydrogens (tertiary/aromatic N) is 3. The number of rotatable bonds is 6. The summed E-state index contributed by atoms with van der Waals surface area (Å²) in [4.78, 5) is 17.5. The van der Waals surface area contributed by atoms with Gasteiger partial charge < -0.3 is 10.1 Å². The SMILES string of the molecule is Cc1ccc(-n2nc(C(=O)Nc3ccc(Oc4ccccc4)cc3)nc2-c2ccc(F)cc2)cc1. The van der Waals surface area contributed by atoms with Crippen molar-refractivity contribution in [3.63, 3.8) is 0 Å². The Kier molecular flexibility index (Phi) is 6.05. The van der Waals surface area contributed by atoms with Crippen molar-refractivity contribution in [1.29, 1.82) is 0 Å². The van der Waals surface area contributed by atoms with Crippen LogP contribution in [0.25, 0.3) is 17.1 Å². The van der Waals surface area contributed by atoms with Gasteiger partial charge in [-0.3, -0.25) is 4.79 Å². The molecule has 0 saturated carbocycles. The summed E-state index contributed by atoms with van der Waals surface area (Å²) in [5.41, 5.74) is 3.05. The number of benzene rings is 4. The Morgan fingerprint density at radius 1 is 0.829 bits per heavy atom. The fourth-order valence-electron chi connectivity index (χ4n) is 3.48. The Labute approximate surface area is 201 Å². The monoisotopic (exact) mass is 464 g/mol. The fourth-order valence-corrected chi connectivity index (χ4v) is 3.48. The minimum Gasteiger partial charge on any atom is -0.457 e. The first-order valence-electron chi connectivity index (χ1n) is 11.0. The van der Waals surface area contributed by atoms with Crippen molar-refractivity contribution in [2.24, 2.45) is 0 Å². The molecule has 172 valence electrons. The molecular weight excluding hydrogens is 443 g/mol. The van der Waals surface area contributed by atoms with Crippen LogP contribution in [0.4, 0.5) is 10.1 Å². The van der Waals surface area contributed by atoms with E-state index in [0.717, 1.165) is 17.0 Å². The summed E-state index contributed by atoms with van der Waals surface area (Å²) < 4.78 is 20.9. The van der Waals surface area contributed by atoms with Crippen LogP contribution in [0.15, 0.2) is 103 Å². The largest absolute Gasteiger partial charge is 0.457 e. The summed E-state index contributed by atoms with van der Waals surface area (Å²) in [7, 11) is 0. The molecule has 5 rings (SSSR count). The number of hydrogen-bond donors (Lipinski definition) is 1. The molecule has 4 aromatic carbocycles. The Morgan fingerprint density at radius 2 is 1.49 bits per heavy atom. The minimum absolute atomic E-state index is 0.00508. The van der Waals surface area contributed by atoms with Crippen LogP contribution < -0.4 is 10.1 Å². The van der Waals surface area contributed by atoms with E-state index < -0.39 is 5.91 Å². The number of carbonyl (C=O) groups excluding carboxylic acids is 1. The highest BCUT2D eigenvalue weighted by Crippen LogP contribution is 2.24. The molecule has 0 aliphatic rings. The van der Waals surface area contributed by atoms with E-state index in [-0.39, 0.29) is 11.6 Å². The van der Waals surface area contributed by atoms with Crippen LogP contribution in [-0.4, -0.2) is 20.7 Å². The Hall–Kier alpha value is -4.78. The van der Waals surface area contributed by atoms with Gasteiger partial charge in [-0.25, -0.2) is 14.1 Å². The Balaban J connectivity index is 1.40. The van der Waals surface area contributed by atoms with Crippen molar-refractivity contribution in [2.45, 2.75) is 6.92 Å². The smallest absolute Gasteiger partial charge is 0.295 e. The summed E-state index contributed by atoms with van der Waals surface area (Å²) in [6.07, 6.45) is 0. The van der Waals surface area contributed by atoms with E-state index in [1.54, 1.807) is 41.1 Å². The second kappa shape index (κ2) is 9.61. The van der Waals surface area contributed by atoms with Gasteiger partial charge in [0, 0.05) is 11.3 Å². The first-order valence-corrected chi connectivity index (χ1v) is 11.0. The highest BCUT2D eigenvalue weighted by Gasteiger charge is 2.19. The molecule has 0 atom stereocenters. The van der Waals surface area contributed by atoms with Gasteiger partial charge in [-0.1, -0.05) is 35.9 Å². The lowest BCUT2D eigenvalue weighted by Gasteiger charge is -2.07. The van der Waals surface area contributed by atoms with Gasteiger partial charge in [-0.15, -0.1) is 5.10 Å². The molecule has 7 heteroatoms. The molecule has 1 N–H and O–H groups in total. The molecule has 0 aliphatic heterocycles. The molecule has 5 aromatic rings. The third-order valence-corrected chi connectivity index (χ3v) is 5.28. The number of amides is 1. The van der Waals surface area contributed by atoms with Gasteiger partial charge in [0.1, 0.15) is 17.3 Å². The molecule has 35 heavy (non-hydrogen) atoms. The lowest BCUT2D eigenvalue weighted by atomic mass is 10.2.